The lowest BCUT2D eigenvalue weighted by atomic mass is 9.87. The third kappa shape index (κ3) is 5.42. The first-order chi connectivity index (χ1) is 8.78. The number of anilines is 1. The largest absolute Gasteiger partial charge is 0.311 e. The highest BCUT2D eigenvalue weighted by Gasteiger charge is 2.16. The highest BCUT2D eigenvalue weighted by Crippen LogP contribution is 2.28. The maximum Gasteiger partial charge on any atom is 0.240 e. The van der Waals surface area contributed by atoms with Gasteiger partial charge in [-0.1, -0.05) is 43.4 Å². The van der Waals surface area contributed by atoms with Gasteiger partial charge >= 0.3 is 0 Å². The summed E-state index contributed by atoms with van der Waals surface area (Å²) >= 11 is 1.50. The highest BCUT2D eigenvalue weighted by atomic mass is 35.5. The summed E-state index contributed by atoms with van der Waals surface area (Å²) in [5.74, 6) is 0.686. The molecule has 2 rings (SSSR count). The van der Waals surface area contributed by atoms with Crippen molar-refractivity contribution in [2.24, 2.45) is 5.92 Å². The number of carbonyl (C=O) groups is 1. The molecule has 0 saturated heterocycles. The SMILES string of the molecule is CNCC(=O)Nc1nnc(CC2CCCCC2)s1.Cl. The number of hydrogen-bond donors (Lipinski definition) is 2. The monoisotopic (exact) mass is 304 g/mol. The van der Waals surface area contributed by atoms with Crippen LogP contribution in [-0.2, 0) is 11.2 Å². The van der Waals surface area contributed by atoms with Gasteiger partial charge in [0.1, 0.15) is 5.01 Å². The molecule has 1 fully saturated rings. The van der Waals surface area contributed by atoms with Gasteiger partial charge in [0.2, 0.25) is 11.0 Å². The zero-order valence-corrected chi connectivity index (χ0v) is 12.8. The minimum atomic E-state index is -0.0714. The predicted octanol–water partition coefficient (Wildman–Crippen LogP) is 2.24. The summed E-state index contributed by atoms with van der Waals surface area (Å²) in [6.07, 6.45) is 7.68. The van der Waals surface area contributed by atoms with Crippen LogP contribution in [0.2, 0.25) is 0 Å². The van der Waals surface area contributed by atoms with Gasteiger partial charge in [-0.2, -0.15) is 0 Å². The number of likely N-dealkylation sites (N-methyl/N-ethyl adjacent to an activating group) is 1. The van der Waals surface area contributed by atoms with Gasteiger partial charge in [0.15, 0.2) is 0 Å². The summed E-state index contributed by atoms with van der Waals surface area (Å²) < 4.78 is 0. The van der Waals surface area contributed by atoms with Crippen molar-refractivity contribution in [2.45, 2.75) is 38.5 Å². The number of nitrogens with zero attached hydrogens (tertiary/aromatic N) is 2. The molecule has 108 valence electrons. The Bertz CT molecular complexity index is 393. The molecule has 0 radical (unpaired) electrons. The molecule has 1 aromatic rings. The maximum absolute atomic E-state index is 11.4. The Morgan fingerprint density at radius 3 is 2.74 bits per heavy atom. The van der Waals surface area contributed by atoms with E-state index in [-0.39, 0.29) is 18.3 Å². The van der Waals surface area contributed by atoms with E-state index in [9.17, 15) is 4.79 Å². The van der Waals surface area contributed by atoms with Gasteiger partial charge in [-0.25, -0.2) is 0 Å². The first-order valence-electron chi connectivity index (χ1n) is 6.54. The van der Waals surface area contributed by atoms with Crippen molar-refractivity contribution >= 4 is 34.8 Å². The van der Waals surface area contributed by atoms with Crippen molar-refractivity contribution in [2.75, 3.05) is 18.9 Å². The van der Waals surface area contributed by atoms with E-state index in [1.807, 2.05) is 0 Å². The number of aromatic nitrogens is 2. The Balaban J connectivity index is 0.00000180. The first-order valence-corrected chi connectivity index (χ1v) is 7.36. The summed E-state index contributed by atoms with van der Waals surface area (Å²) in [5.41, 5.74) is 0. The van der Waals surface area contributed by atoms with E-state index in [1.54, 1.807) is 7.05 Å². The van der Waals surface area contributed by atoms with E-state index in [0.29, 0.717) is 11.7 Å². The van der Waals surface area contributed by atoms with Crippen LogP contribution in [0.4, 0.5) is 5.13 Å². The van der Waals surface area contributed by atoms with Crippen LogP contribution in [0.15, 0.2) is 0 Å². The van der Waals surface area contributed by atoms with E-state index < -0.39 is 0 Å². The van der Waals surface area contributed by atoms with E-state index in [0.717, 1.165) is 17.3 Å². The molecule has 19 heavy (non-hydrogen) atoms. The molecular weight excluding hydrogens is 284 g/mol. The van der Waals surface area contributed by atoms with Crippen molar-refractivity contribution in [1.82, 2.24) is 15.5 Å². The van der Waals surface area contributed by atoms with E-state index >= 15 is 0 Å². The summed E-state index contributed by atoms with van der Waals surface area (Å²) in [6.45, 7) is 0.303. The van der Waals surface area contributed by atoms with E-state index in [1.165, 1.54) is 43.4 Å². The van der Waals surface area contributed by atoms with Gasteiger partial charge < -0.3 is 5.32 Å². The standard InChI is InChI=1S/C12H20N4OS.ClH/c1-13-8-10(17)14-12-16-15-11(18-12)7-9-5-3-2-4-6-9;/h9,13H,2-8H2,1H3,(H,14,16,17);1H. The zero-order chi connectivity index (χ0) is 12.8. The molecule has 1 amide bonds. The molecule has 0 aliphatic heterocycles. The molecule has 0 bridgehead atoms. The fourth-order valence-electron chi connectivity index (χ4n) is 2.35. The van der Waals surface area contributed by atoms with Crippen LogP contribution in [0.25, 0.3) is 0 Å². The Hall–Kier alpha value is -0.720. The molecule has 0 spiro atoms. The lowest BCUT2D eigenvalue weighted by molar-refractivity contribution is -0.115. The minimum Gasteiger partial charge on any atom is -0.311 e. The number of nitrogens with one attached hydrogen (secondary N) is 2. The van der Waals surface area contributed by atoms with Crippen molar-refractivity contribution in [3.05, 3.63) is 5.01 Å². The molecule has 5 nitrogen and oxygen atoms in total. The second kappa shape index (κ2) is 8.45. The fourth-order valence-corrected chi connectivity index (χ4v) is 3.22. The second-order valence-electron chi connectivity index (χ2n) is 4.79. The summed E-state index contributed by atoms with van der Waals surface area (Å²) in [4.78, 5) is 11.4. The molecule has 0 atom stereocenters. The lowest BCUT2D eigenvalue weighted by Gasteiger charge is -2.19. The van der Waals surface area contributed by atoms with Crippen LogP contribution >= 0.6 is 23.7 Å². The summed E-state index contributed by atoms with van der Waals surface area (Å²) in [6, 6.07) is 0. The number of hydrogen-bond acceptors (Lipinski definition) is 5. The normalized spacial score (nSPS) is 15.8. The number of rotatable bonds is 5. The van der Waals surface area contributed by atoms with E-state index in [4.69, 9.17) is 0 Å². The zero-order valence-electron chi connectivity index (χ0n) is 11.1. The van der Waals surface area contributed by atoms with Gasteiger partial charge in [-0.05, 0) is 13.0 Å². The van der Waals surface area contributed by atoms with Crippen LogP contribution < -0.4 is 10.6 Å². The Labute approximate surface area is 124 Å². The molecule has 1 aromatic heterocycles. The van der Waals surface area contributed by atoms with Crippen molar-refractivity contribution in [1.29, 1.82) is 0 Å². The first kappa shape index (κ1) is 16.3. The lowest BCUT2D eigenvalue weighted by Crippen LogP contribution is -2.24. The second-order valence-corrected chi connectivity index (χ2v) is 5.85. The predicted molar refractivity (Wildman–Crippen MR) is 80.0 cm³/mol. The van der Waals surface area contributed by atoms with Crippen molar-refractivity contribution in [3.8, 4) is 0 Å². The smallest absolute Gasteiger partial charge is 0.240 e. The van der Waals surface area contributed by atoms with Crippen LogP contribution in [0.1, 0.15) is 37.1 Å². The van der Waals surface area contributed by atoms with Crippen LogP contribution in [-0.4, -0.2) is 29.7 Å². The maximum atomic E-state index is 11.4. The summed E-state index contributed by atoms with van der Waals surface area (Å²) in [5, 5.41) is 15.4. The van der Waals surface area contributed by atoms with Gasteiger partial charge in [-0.15, -0.1) is 22.6 Å². The van der Waals surface area contributed by atoms with Crippen LogP contribution in [0.3, 0.4) is 0 Å². The average Bonchev–Trinajstić information content (AvgIpc) is 2.78. The minimum absolute atomic E-state index is 0. The fraction of sp³-hybridized carbons (Fsp3) is 0.750. The molecule has 2 N–H and O–H groups in total. The molecule has 1 heterocycles. The molecule has 1 aliphatic carbocycles. The molecule has 0 aromatic carbocycles. The summed E-state index contributed by atoms with van der Waals surface area (Å²) in [7, 11) is 1.74. The average molecular weight is 305 g/mol. The quantitative estimate of drug-likeness (QED) is 0.875. The van der Waals surface area contributed by atoms with Crippen LogP contribution in [0, 0.1) is 5.92 Å². The topological polar surface area (TPSA) is 66.9 Å². The highest BCUT2D eigenvalue weighted by molar-refractivity contribution is 7.15. The molecule has 0 unspecified atom stereocenters. The van der Waals surface area contributed by atoms with E-state index in [2.05, 4.69) is 20.8 Å². The third-order valence-corrected chi connectivity index (χ3v) is 4.10. The van der Waals surface area contributed by atoms with Gasteiger partial charge in [0.05, 0.1) is 6.54 Å². The Kier molecular flexibility index (Phi) is 7.27. The molecule has 7 heteroatoms. The van der Waals surface area contributed by atoms with Crippen molar-refractivity contribution in [3.63, 3.8) is 0 Å². The number of amides is 1. The molecule has 1 saturated carbocycles. The molecular formula is C12H21ClN4OS. The number of carbonyl (C=O) groups excluding carboxylic acids is 1. The third-order valence-electron chi connectivity index (χ3n) is 3.24. The molecule has 1 aliphatic rings. The Morgan fingerprint density at radius 1 is 1.32 bits per heavy atom. The van der Waals surface area contributed by atoms with Crippen molar-refractivity contribution < 1.29 is 4.79 Å². The van der Waals surface area contributed by atoms with Gasteiger partial charge in [0.25, 0.3) is 0 Å². The number of halogens is 1. The van der Waals surface area contributed by atoms with Gasteiger partial charge in [-0.3, -0.25) is 10.1 Å². The Morgan fingerprint density at radius 2 is 2.05 bits per heavy atom. The van der Waals surface area contributed by atoms with Gasteiger partial charge in [0, 0.05) is 6.42 Å². The van der Waals surface area contributed by atoms with Crippen LogP contribution in [0.5, 0.6) is 0 Å².